The van der Waals surface area contributed by atoms with Gasteiger partial charge in [-0.2, -0.15) is 0 Å². The van der Waals surface area contributed by atoms with Crippen molar-refractivity contribution in [2.45, 2.75) is 6.42 Å². The molecule has 1 aromatic carbocycles. The van der Waals surface area contributed by atoms with Crippen LogP contribution in [0.5, 0.6) is 0 Å². The second-order valence-electron chi connectivity index (χ2n) is 2.50. The van der Waals surface area contributed by atoms with E-state index in [0.29, 0.717) is 5.56 Å². The van der Waals surface area contributed by atoms with Gasteiger partial charge in [-0.25, -0.2) is 0 Å². The average molecular weight is 356 g/mol. The molecule has 0 aliphatic heterocycles. The van der Waals surface area contributed by atoms with Gasteiger partial charge in [0.15, 0.2) is 5.78 Å². The van der Waals surface area contributed by atoms with Gasteiger partial charge in [0.25, 0.3) is 0 Å². The predicted octanol–water partition coefficient (Wildman–Crippen LogP) is 1.66. The minimum absolute atomic E-state index is 0. The van der Waals surface area contributed by atoms with E-state index in [4.69, 9.17) is 0 Å². The van der Waals surface area contributed by atoms with Gasteiger partial charge in [-0.05, 0) is 0 Å². The van der Waals surface area contributed by atoms with Gasteiger partial charge >= 0.3 is 0 Å². The summed E-state index contributed by atoms with van der Waals surface area (Å²) in [5, 5.41) is 0. The second-order valence-corrected chi connectivity index (χ2v) is 2.50. The van der Waals surface area contributed by atoms with Gasteiger partial charge in [0.1, 0.15) is 0 Å². The van der Waals surface area contributed by atoms with Crippen molar-refractivity contribution < 1.29 is 30.7 Å². The van der Waals surface area contributed by atoms with Crippen molar-refractivity contribution in [1.29, 1.82) is 0 Å². The van der Waals surface area contributed by atoms with Crippen molar-refractivity contribution >= 4 is 11.6 Å². The van der Waals surface area contributed by atoms with Gasteiger partial charge in [0, 0.05) is 38.8 Å². The van der Waals surface area contributed by atoms with E-state index in [1.165, 1.54) is 0 Å². The van der Waals surface area contributed by atoms with E-state index in [-0.39, 0.29) is 39.1 Å². The van der Waals surface area contributed by atoms with Crippen molar-refractivity contribution in [3.05, 3.63) is 42.8 Å². The third-order valence-electron chi connectivity index (χ3n) is 1.45. The first kappa shape index (κ1) is 12.1. The Morgan fingerprint density at radius 1 is 1.15 bits per heavy atom. The molecule has 0 saturated carbocycles. The summed E-state index contributed by atoms with van der Waals surface area (Å²) in [6.45, 7) is 3.14. The van der Waals surface area contributed by atoms with E-state index in [1.54, 1.807) is 24.3 Å². The molecule has 0 saturated heterocycles. The standard InChI is InChI=1S/C10H9O2.Pt/c1-8(11)7-10(12)9-5-3-2-4-6-9;/h2-6H,1,7H2;/q-1;. The molecular weight excluding hydrogens is 347 g/mol. The van der Waals surface area contributed by atoms with Gasteiger partial charge in [-0.1, -0.05) is 30.3 Å². The molecule has 0 bridgehead atoms. The van der Waals surface area contributed by atoms with Crippen LogP contribution in [0.15, 0.2) is 30.3 Å². The summed E-state index contributed by atoms with van der Waals surface area (Å²) in [5.74, 6) is -0.514. The molecule has 0 aliphatic carbocycles. The second kappa shape index (κ2) is 5.71. The fourth-order valence-electron chi connectivity index (χ4n) is 0.905. The summed E-state index contributed by atoms with van der Waals surface area (Å²) in [6, 6.07) is 8.72. The Bertz CT molecular complexity index is 293. The van der Waals surface area contributed by atoms with Crippen LogP contribution in [0.2, 0.25) is 0 Å². The number of Topliss-reactive ketones (excluding diaryl/α,β-unsaturated/α-hetero) is 2. The Hall–Kier alpha value is -0.882. The molecule has 0 amide bonds. The molecule has 0 aromatic heterocycles. The fraction of sp³-hybridized carbons (Fsp3) is 0.100. The topological polar surface area (TPSA) is 34.1 Å². The number of rotatable bonds is 3. The van der Waals surface area contributed by atoms with Gasteiger partial charge in [0.2, 0.25) is 0 Å². The van der Waals surface area contributed by atoms with E-state index < -0.39 is 0 Å². The minimum Gasteiger partial charge on any atom is -0.339 e. The Labute approximate surface area is 91.6 Å². The van der Waals surface area contributed by atoms with Crippen LogP contribution in [0.1, 0.15) is 16.8 Å². The Morgan fingerprint density at radius 2 is 1.69 bits per heavy atom. The summed E-state index contributed by atoms with van der Waals surface area (Å²) in [7, 11) is 0. The predicted molar refractivity (Wildman–Crippen MR) is 45.8 cm³/mol. The molecule has 0 atom stereocenters. The Morgan fingerprint density at radius 3 is 2.15 bits per heavy atom. The van der Waals surface area contributed by atoms with Crippen LogP contribution in [-0.2, 0) is 25.9 Å². The maximum Gasteiger partial charge on any atom is 0.167 e. The third-order valence-corrected chi connectivity index (χ3v) is 1.45. The van der Waals surface area contributed by atoms with Crippen LogP contribution in [0, 0.1) is 6.92 Å². The van der Waals surface area contributed by atoms with Crippen molar-refractivity contribution in [3.8, 4) is 0 Å². The van der Waals surface area contributed by atoms with Crippen LogP contribution < -0.4 is 0 Å². The molecule has 1 rings (SSSR count). The van der Waals surface area contributed by atoms with Gasteiger partial charge in [0.05, 0.1) is 0 Å². The minimum atomic E-state index is -0.344. The van der Waals surface area contributed by atoms with Crippen molar-refractivity contribution in [2.75, 3.05) is 0 Å². The first-order valence-electron chi connectivity index (χ1n) is 3.63. The van der Waals surface area contributed by atoms with E-state index >= 15 is 0 Å². The summed E-state index contributed by atoms with van der Waals surface area (Å²) >= 11 is 0. The number of hydrogen-bond donors (Lipinski definition) is 0. The molecule has 0 fully saturated rings. The molecular formula is C10H9O2Pt-. The van der Waals surface area contributed by atoms with Gasteiger partial charge < -0.3 is 11.7 Å². The monoisotopic (exact) mass is 356 g/mol. The molecule has 0 radical (unpaired) electrons. The number of carbonyl (C=O) groups is 2. The van der Waals surface area contributed by atoms with E-state index in [2.05, 4.69) is 6.92 Å². The van der Waals surface area contributed by atoms with Crippen LogP contribution >= 0.6 is 0 Å². The number of benzene rings is 1. The van der Waals surface area contributed by atoms with E-state index in [9.17, 15) is 9.59 Å². The van der Waals surface area contributed by atoms with Crippen LogP contribution in [0.25, 0.3) is 0 Å². The molecule has 72 valence electrons. The number of ketones is 2. The summed E-state index contributed by atoms with van der Waals surface area (Å²) < 4.78 is 0. The molecule has 0 heterocycles. The molecule has 3 heteroatoms. The normalized spacial score (nSPS) is 8.62. The molecule has 13 heavy (non-hydrogen) atoms. The molecule has 0 unspecified atom stereocenters. The summed E-state index contributed by atoms with van der Waals surface area (Å²) in [6.07, 6.45) is -0.107. The molecule has 0 spiro atoms. The van der Waals surface area contributed by atoms with E-state index in [0.717, 1.165) is 0 Å². The van der Waals surface area contributed by atoms with Crippen molar-refractivity contribution in [2.24, 2.45) is 0 Å². The summed E-state index contributed by atoms with van der Waals surface area (Å²) in [4.78, 5) is 21.7. The quantitative estimate of drug-likeness (QED) is 0.469. The first-order chi connectivity index (χ1) is 5.70. The maximum absolute atomic E-state index is 11.2. The number of carbonyl (C=O) groups excluding carboxylic acids is 2. The average Bonchev–Trinajstić information content (AvgIpc) is 2.05. The molecule has 2 nitrogen and oxygen atoms in total. The fourth-order valence-corrected chi connectivity index (χ4v) is 0.905. The van der Waals surface area contributed by atoms with Gasteiger partial charge in [-0.3, -0.25) is 4.79 Å². The largest absolute Gasteiger partial charge is 0.339 e. The van der Waals surface area contributed by atoms with E-state index in [1.807, 2.05) is 6.07 Å². The van der Waals surface area contributed by atoms with Crippen LogP contribution in [0.3, 0.4) is 0 Å². The van der Waals surface area contributed by atoms with Crippen molar-refractivity contribution in [1.82, 2.24) is 0 Å². The Balaban J connectivity index is 0.00000144. The first-order valence-corrected chi connectivity index (χ1v) is 3.63. The molecule has 0 aliphatic rings. The summed E-state index contributed by atoms with van der Waals surface area (Å²) in [5.41, 5.74) is 0.564. The smallest absolute Gasteiger partial charge is 0.167 e. The zero-order valence-corrected chi connectivity index (χ0v) is 9.21. The van der Waals surface area contributed by atoms with Gasteiger partial charge in [-0.15, -0.1) is 0 Å². The molecule has 0 N–H and O–H groups in total. The molecule has 1 aromatic rings. The SMILES string of the molecule is [CH2-]C(=O)CC(=O)c1ccccc1.[Pt]. The van der Waals surface area contributed by atoms with Crippen molar-refractivity contribution in [3.63, 3.8) is 0 Å². The zero-order chi connectivity index (χ0) is 8.97. The maximum atomic E-state index is 11.2. The number of hydrogen-bond acceptors (Lipinski definition) is 2. The van der Waals surface area contributed by atoms with Crippen LogP contribution in [-0.4, -0.2) is 11.6 Å². The Kier molecular flexibility index (Phi) is 5.32. The third kappa shape index (κ3) is 4.04. The zero-order valence-electron chi connectivity index (χ0n) is 6.93. The van der Waals surface area contributed by atoms with Crippen LogP contribution in [0.4, 0.5) is 0 Å².